The largest absolute Gasteiger partial charge is 0.381 e. The molecule has 3 N–H and O–H groups in total. The second kappa shape index (κ2) is 6.08. The molecule has 1 aromatic heterocycles. The van der Waals surface area contributed by atoms with Gasteiger partial charge in [-0.25, -0.2) is 0 Å². The Labute approximate surface area is 149 Å². The Morgan fingerprint density at radius 1 is 1.00 bits per heavy atom. The Morgan fingerprint density at radius 2 is 1.62 bits per heavy atom. The van der Waals surface area contributed by atoms with Crippen molar-refractivity contribution in [3.63, 3.8) is 0 Å². The normalized spacial score (nSPS) is 11.4. The molecule has 122 valence electrons. The van der Waals surface area contributed by atoms with Crippen molar-refractivity contribution < 1.29 is 0 Å². The zero-order valence-corrected chi connectivity index (χ0v) is 13.7. The van der Waals surface area contributed by atoms with Gasteiger partial charge in [-0.05, 0) is 39.3 Å². The van der Waals surface area contributed by atoms with E-state index in [1.165, 1.54) is 0 Å². The van der Waals surface area contributed by atoms with E-state index in [2.05, 4.69) is 22.3 Å². The van der Waals surface area contributed by atoms with Crippen LogP contribution in [0.25, 0.3) is 33.2 Å². The molecule has 0 unspecified atom stereocenters. The number of aromatic nitrogens is 2. The molecule has 0 bridgehead atoms. The molecule has 26 heavy (non-hydrogen) atoms. The molecule has 1 heterocycles. The van der Waals surface area contributed by atoms with Crippen LogP contribution < -0.4 is 5.73 Å². The van der Waals surface area contributed by atoms with Gasteiger partial charge in [0.15, 0.2) is 5.82 Å². The first kappa shape index (κ1) is 15.4. The van der Waals surface area contributed by atoms with Gasteiger partial charge in [-0.2, -0.15) is 15.6 Å². The monoisotopic (exact) mass is 335 g/mol. The molecule has 0 atom stereocenters. The van der Waals surface area contributed by atoms with Gasteiger partial charge in [0, 0.05) is 0 Å². The van der Waals surface area contributed by atoms with Crippen LogP contribution in [-0.4, -0.2) is 10.2 Å². The fourth-order valence-electron chi connectivity index (χ4n) is 3.17. The van der Waals surface area contributed by atoms with E-state index in [1.54, 1.807) is 6.08 Å². The van der Waals surface area contributed by atoms with E-state index in [4.69, 9.17) is 5.73 Å². The van der Waals surface area contributed by atoms with Gasteiger partial charge in [-0.15, -0.1) is 0 Å². The van der Waals surface area contributed by atoms with Gasteiger partial charge in [-0.3, -0.25) is 5.10 Å². The highest BCUT2D eigenvalue weighted by atomic mass is 15.2. The highest BCUT2D eigenvalue weighted by molar-refractivity contribution is 6.10. The number of nitriles is 2. The number of nitrogen functional groups attached to an aromatic ring is 1. The SMILES string of the molecule is N#CC(=Cc1c2ccccc2cc2ccccc12)c1[nH]nc(N)c1C#N. The van der Waals surface area contributed by atoms with Crippen molar-refractivity contribution in [2.45, 2.75) is 0 Å². The zero-order valence-electron chi connectivity index (χ0n) is 13.7. The summed E-state index contributed by atoms with van der Waals surface area (Å²) in [5, 5.41) is 29.8. The van der Waals surface area contributed by atoms with Crippen LogP contribution in [0.4, 0.5) is 5.82 Å². The predicted octanol–water partition coefficient (Wildman–Crippen LogP) is 4.23. The second-order valence-corrected chi connectivity index (χ2v) is 5.87. The van der Waals surface area contributed by atoms with Crippen molar-refractivity contribution in [3.8, 4) is 12.1 Å². The van der Waals surface area contributed by atoms with Gasteiger partial charge >= 0.3 is 0 Å². The smallest absolute Gasteiger partial charge is 0.163 e. The van der Waals surface area contributed by atoms with Crippen molar-refractivity contribution in [1.82, 2.24) is 10.2 Å². The van der Waals surface area contributed by atoms with Crippen molar-refractivity contribution in [2.24, 2.45) is 0 Å². The van der Waals surface area contributed by atoms with Crippen LogP contribution in [0, 0.1) is 22.7 Å². The van der Waals surface area contributed by atoms with Crippen LogP contribution in [-0.2, 0) is 0 Å². The topological polar surface area (TPSA) is 102 Å². The fraction of sp³-hybridized carbons (Fsp3) is 0. The number of benzene rings is 3. The fourth-order valence-corrected chi connectivity index (χ4v) is 3.17. The minimum absolute atomic E-state index is 0.0893. The highest BCUT2D eigenvalue weighted by Crippen LogP contribution is 2.32. The summed E-state index contributed by atoms with van der Waals surface area (Å²) in [5.74, 6) is 0.0893. The lowest BCUT2D eigenvalue weighted by Crippen LogP contribution is -1.91. The van der Waals surface area contributed by atoms with Gasteiger partial charge < -0.3 is 5.73 Å². The Morgan fingerprint density at radius 3 is 2.19 bits per heavy atom. The Kier molecular flexibility index (Phi) is 3.61. The highest BCUT2D eigenvalue weighted by Gasteiger charge is 2.15. The number of nitrogens with zero attached hydrogens (tertiary/aromatic N) is 3. The molecule has 0 fully saturated rings. The van der Waals surface area contributed by atoms with Crippen molar-refractivity contribution in [1.29, 1.82) is 10.5 Å². The molecule has 4 rings (SSSR count). The van der Waals surface area contributed by atoms with Gasteiger partial charge in [0.25, 0.3) is 0 Å². The summed E-state index contributed by atoms with van der Waals surface area (Å²) in [6.07, 6.45) is 1.79. The third-order valence-electron chi connectivity index (χ3n) is 4.40. The molecule has 0 saturated heterocycles. The number of allylic oxidation sites excluding steroid dienone is 1. The van der Waals surface area contributed by atoms with E-state index in [9.17, 15) is 10.5 Å². The number of nitrogens with one attached hydrogen (secondary N) is 1. The number of hydrogen-bond donors (Lipinski definition) is 2. The standard InChI is InChI=1S/C21H13N5/c22-11-15(20-19(12-23)21(24)26-25-20)10-18-16-7-3-1-5-13(16)9-14-6-2-4-8-17(14)18/h1-10H,(H3,24,25,26). The number of hydrogen-bond acceptors (Lipinski definition) is 4. The molecule has 3 aromatic carbocycles. The van der Waals surface area contributed by atoms with Crippen molar-refractivity contribution >= 4 is 39.0 Å². The van der Waals surface area contributed by atoms with E-state index in [-0.39, 0.29) is 11.4 Å². The first-order valence-corrected chi connectivity index (χ1v) is 7.99. The molecular weight excluding hydrogens is 322 g/mol. The summed E-state index contributed by atoms with van der Waals surface area (Å²) in [7, 11) is 0. The molecule has 0 aliphatic carbocycles. The maximum absolute atomic E-state index is 9.70. The second-order valence-electron chi connectivity index (χ2n) is 5.87. The first-order valence-electron chi connectivity index (χ1n) is 7.99. The summed E-state index contributed by atoms with van der Waals surface area (Å²) < 4.78 is 0. The third kappa shape index (κ3) is 2.36. The van der Waals surface area contributed by atoms with E-state index < -0.39 is 0 Å². The number of rotatable bonds is 2. The minimum atomic E-state index is 0.0893. The van der Waals surface area contributed by atoms with Crippen LogP contribution >= 0.6 is 0 Å². The number of aromatic amines is 1. The lowest BCUT2D eigenvalue weighted by Gasteiger charge is -2.09. The summed E-state index contributed by atoms with van der Waals surface area (Å²) in [6, 6.07) is 22.3. The van der Waals surface area contributed by atoms with Crippen molar-refractivity contribution in [2.75, 3.05) is 5.73 Å². The molecule has 0 amide bonds. The lowest BCUT2D eigenvalue weighted by atomic mass is 9.94. The van der Waals surface area contributed by atoms with Crippen LogP contribution in [0.3, 0.4) is 0 Å². The van der Waals surface area contributed by atoms with E-state index >= 15 is 0 Å². The summed E-state index contributed by atoms with van der Waals surface area (Å²) in [6.45, 7) is 0. The van der Waals surface area contributed by atoms with Gasteiger partial charge in [0.05, 0.1) is 11.3 Å². The van der Waals surface area contributed by atoms with Crippen LogP contribution in [0.2, 0.25) is 0 Å². The van der Waals surface area contributed by atoms with Crippen molar-refractivity contribution in [3.05, 3.63) is 71.4 Å². The van der Waals surface area contributed by atoms with E-state index in [0.717, 1.165) is 27.1 Å². The maximum atomic E-state index is 9.70. The Bertz CT molecular complexity index is 1210. The molecule has 0 saturated carbocycles. The lowest BCUT2D eigenvalue weighted by molar-refractivity contribution is 1.08. The number of fused-ring (bicyclic) bond motifs is 2. The van der Waals surface area contributed by atoms with Gasteiger partial charge in [0.1, 0.15) is 17.7 Å². The first-order chi connectivity index (χ1) is 12.7. The number of nitrogens with two attached hydrogens (primary N) is 1. The molecule has 5 nitrogen and oxygen atoms in total. The Balaban J connectivity index is 2.07. The molecule has 4 aromatic rings. The summed E-state index contributed by atoms with van der Waals surface area (Å²) >= 11 is 0. The van der Waals surface area contributed by atoms with Gasteiger partial charge in [-0.1, -0.05) is 48.5 Å². The molecule has 0 aliphatic rings. The van der Waals surface area contributed by atoms with Gasteiger partial charge in [0.2, 0.25) is 0 Å². The maximum Gasteiger partial charge on any atom is 0.163 e. The van der Waals surface area contributed by atoms with E-state index in [1.807, 2.05) is 54.6 Å². The predicted molar refractivity (Wildman–Crippen MR) is 103 cm³/mol. The molecular formula is C21H13N5. The number of anilines is 1. The molecule has 0 spiro atoms. The van der Waals surface area contributed by atoms with Crippen LogP contribution in [0.1, 0.15) is 16.8 Å². The average Bonchev–Trinajstić information content (AvgIpc) is 3.05. The Hall–Kier alpha value is -4.09. The summed E-state index contributed by atoms with van der Waals surface area (Å²) in [4.78, 5) is 0. The summed E-state index contributed by atoms with van der Waals surface area (Å²) in [5.41, 5.74) is 7.47. The van der Waals surface area contributed by atoms with E-state index in [0.29, 0.717) is 11.3 Å². The van der Waals surface area contributed by atoms with Crippen LogP contribution in [0.15, 0.2) is 54.6 Å². The third-order valence-corrected chi connectivity index (χ3v) is 4.40. The minimum Gasteiger partial charge on any atom is -0.381 e. The average molecular weight is 335 g/mol. The number of H-pyrrole nitrogens is 1. The zero-order chi connectivity index (χ0) is 18.1. The van der Waals surface area contributed by atoms with Crippen LogP contribution in [0.5, 0.6) is 0 Å². The molecule has 0 aliphatic heterocycles. The molecule has 5 heteroatoms. The quantitative estimate of drug-likeness (QED) is 0.422. The molecule has 0 radical (unpaired) electrons.